The van der Waals surface area contributed by atoms with Gasteiger partial charge in [0, 0.05) is 4.88 Å². The van der Waals surface area contributed by atoms with Gasteiger partial charge in [0.05, 0.1) is 6.04 Å². The fraction of sp³-hybridized carbons (Fsp3) is 0.267. The Bertz CT molecular complexity index is 597. The molecule has 2 unspecified atom stereocenters. The van der Waals surface area contributed by atoms with E-state index < -0.39 is 6.10 Å². The fourth-order valence-electron chi connectivity index (χ4n) is 2.06. The lowest BCUT2D eigenvalue weighted by Crippen LogP contribution is -2.44. The summed E-state index contributed by atoms with van der Waals surface area (Å²) in [5, 5.41) is 4.94. The van der Waals surface area contributed by atoms with E-state index in [0.29, 0.717) is 11.5 Å². The molecule has 1 aliphatic rings. The lowest BCUT2D eigenvalue weighted by atomic mass is 10.2. The van der Waals surface area contributed by atoms with Crippen LogP contribution in [0.5, 0.6) is 11.5 Å². The third-order valence-corrected chi connectivity index (χ3v) is 4.18. The predicted octanol–water partition coefficient (Wildman–Crippen LogP) is 2.77. The minimum Gasteiger partial charge on any atom is -0.485 e. The van der Waals surface area contributed by atoms with Crippen molar-refractivity contribution in [2.45, 2.75) is 19.1 Å². The molecule has 1 aliphatic heterocycles. The van der Waals surface area contributed by atoms with Crippen LogP contribution in [0.4, 0.5) is 0 Å². The van der Waals surface area contributed by atoms with Crippen LogP contribution in [0.25, 0.3) is 0 Å². The van der Waals surface area contributed by atoms with Gasteiger partial charge >= 0.3 is 0 Å². The molecule has 0 spiro atoms. The van der Waals surface area contributed by atoms with Crippen LogP contribution in [0.3, 0.4) is 0 Å². The highest BCUT2D eigenvalue weighted by atomic mass is 32.1. The van der Waals surface area contributed by atoms with Gasteiger partial charge in [-0.05, 0) is 30.5 Å². The summed E-state index contributed by atoms with van der Waals surface area (Å²) >= 11 is 1.62. The maximum Gasteiger partial charge on any atom is 0.265 e. The van der Waals surface area contributed by atoms with Crippen molar-refractivity contribution in [3.8, 4) is 11.5 Å². The summed E-state index contributed by atoms with van der Waals surface area (Å²) in [6, 6.07) is 11.3. The molecule has 2 atom stereocenters. The highest BCUT2D eigenvalue weighted by molar-refractivity contribution is 7.10. The van der Waals surface area contributed by atoms with E-state index in [9.17, 15) is 4.79 Å². The number of nitrogens with one attached hydrogen (secondary N) is 1. The molecule has 2 aromatic rings. The van der Waals surface area contributed by atoms with Gasteiger partial charge in [0.25, 0.3) is 5.91 Å². The molecule has 0 bridgehead atoms. The quantitative estimate of drug-likeness (QED) is 0.945. The van der Waals surface area contributed by atoms with Crippen molar-refractivity contribution in [2.75, 3.05) is 6.61 Å². The van der Waals surface area contributed by atoms with E-state index in [4.69, 9.17) is 9.47 Å². The molecule has 2 heterocycles. The topological polar surface area (TPSA) is 47.6 Å². The van der Waals surface area contributed by atoms with E-state index in [-0.39, 0.29) is 18.6 Å². The number of thiophene rings is 1. The molecule has 1 amide bonds. The van der Waals surface area contributed by atoms with Crippen molar-refractivity contribution in [1.82, 2.24) is 5.32 Å². The van der Waals surface area contributed by atoms with Gasteiger partial charge in [-0.15, -0.1) is 11.3 Å². The maximum absolute atomic E-state index is 12.2. The Morgan fingerprint density at radius 1 is 1.30 bits per heavy atom. The minimum atomic E-state index is -0.604. The first kappa shape index (κ1) is 13.0. The van der Waals surface area contributed by atoms with Crippen LogP contribution in [0, 0.1) is 0 Å². The Labute approximate surface area is 121 Å². The Balaban J connectivity index is 1.64. The first-order chi connectivity index (χ1) is 9.74. The smallest absolute Gasteiger partial charge is 0.265 e. The summed E-state index contributed by atoms with van der Waals surface area (Å²) in [4.78, 5) is 13.3. The van der Waals surface area contributed by atoms with Crippen LogP contribution in [0.1, 0.15) is 17.8 Å². The van der Waals surface area contributed by atoms with E-state index in [1.165, 1.54) is 0 Å². The second kappa shape index (κ2) is 5.54. The first-order valence-corrected chi connectivity index (χ1v) is 7.34. The second-order valence-electron chi connectivity index (χ2n) is 4.61. The van der Waals surface area contributed by atoms with Crippen molar-refractivity contribution in [2.24, 2.45) is 0 Å². The monoisotopic (exact) mass is 289 g/mol. The summed E-state index contributed by atoms with van der Waals surface area (Å²) < 4.78 is 11.2. The predicted molar refractivity (Wildman–Crippen MR) is 77.2 cm³/mol. The third kappa shape index (κ3) is 2.63. The number of carbonyl (C=O) groups is 1. The largest absolute Gasteiger partial charge is 0.485 e. The van der Waals surface area contributed by atoms with Crippen LogP contribution in [-0.4, -0.2) is 18.6 Å². The summed E-state index contributed by atoms with van der Waals surface area (Å²) in [7, 11) is 0. The van der Waals surface area contributed by atoms with Gasteiger partial charge in [-0.1, -0.05) is 18.2 Å². The average Bonchev–Trinajstić information content (AvgIpc) is 3.01. The number of hydrogen-bond donors (Lipinski definition) is 1. The Hall–Kier alpha value is -2.01. The van der Waals surface area contributed by atoms with Gasteiger partial charge in [-0.3, -0.25) is 4.79 Å². The van der Waals surface area contributed by atoms with E-state index >= 15 is 0 Å². The van der Waals surface area contributed by atoms with Crippen molar-refractivity contribution in [1.29, 1.82) is 0 Å². The van der Waals surface area contributed by atoms with E-state index in [0.717, 1.165) is 4.88 Å². The van der Waals surface area contributed by atoms with Crippen LogP contribution in [-0.2, 0) is 4.79 Å². The molecule has 3 rings (SSSR count). The lowest BCUT2D eigenvalue weighted by molar-refractivity contribution is -0.131. The number of benzene rings is 1. The maximum atomic E-state index is 12.2. The lowest BCUT2D eigenvalue weighted by Gasteiger charge is -2.26. The molecule has 1 aromatic heterocycles. The van der Waals surface area contributed by atoms with Crippen molar-refractivity contribution in [3.63, 3.8) is 0 Å². The summed E-state index contributed by atoms with van der Waals surface area (Å²) in [5.74, 6) is 1.14. The molecule has 1 aromatic carbocycles. The van der Waals surface area contributed by atoms with Crippen molar-refractivity contribution < 1.29 is 14.3 Å². The normalized spacial score (nSPS) is 18.4. The highest BCUT2D eigenvalue weighted by Crippen LogP contribution is 2.31. The Morgan fingerprint density at radius 3 is 2.85 bits per heavy atom. The van der Waals surface area contributed by atoms with E-state index in [1.54, 1.807) is 17.4 Å². The van der Waals surface area contributed by atoms with Crippen LogP contribution in [0.2, 0.25) is 0 Å². The minimum absolute atomic E-state index is 0.0247. The molecule has 0 saturated carbocycles. The number of rotatable bonds is 3. The molecule has 0 aliphatic carbocycles. The van der Waals surface area contributed by atoms with Gasteiger partial charge < -0.3 is 14.8 Å². The van der Waals surface area contributed by atoms with Gasteiger partial charge in [0.15, 0.2) is 11.5 Å². The molecule has 0 fully saturated rings. The van der Waals surface area contributed by atoms with E-state index in [1.807, 2.05) is 42.6 Å². The highest BCUT2D eigenvalue weighted by Gasteiger charge is 2.28. The van der Waals surface area contributed by atoms with Crippen molar-refractivity contribution >= 4 is 17.2 Å². The standard InChI is InChI=1S/C15H15NO3S/c1-10(14-7-4-8-20-14)16-15(17)13-9-18-11-5-2-3-6-12(11)19-13/h2-8,10,13H,9H2,1H3,(H,16,17). The second-order valence-corrected chi connectivity index (χ2v) is 5.59. The van der Waals surface area contributed by atoms with Gasteiger partial charge in [-0.25, -0.2) is 0 Å². The zero-order valence-corrected chi connectivity index (χ0v) is 11.9. The Morgan fingerprint density at radius 2 is 2.10 bits per heavy atom. The average molecular weight is 289 g/mol. The summed E-state index contributed by atoms with van der Waals surface area (Å²) in [6.07, 6.45) is -0.604. The number of hydrogen-bond acceptors (Lipinski definition) is 4. The summed E-state index contributed by atoms with van der Waals surface area (Å²) in [6.45, 7) is 2.20. The van der Waals surface area contributed by atoms with Gasteiger partial charge in [0.2, 0.25) is 6.10 Å². The molecule has 4 nitrogen and oxygen atoms in total. The summed E-state index contributed by atoms with van der Waals surface area (Å²) in [5.41, 5.74) is 0. The van der Waals surface area contributed by atoms with Crippen LogP contribution in [0.15, 0.2) is 41.8 Å². The molecular weight excluding hydrogens is 274 g/mol. The third-order valence-electron chi connectivity index (χ3n) is 3.13. The number of carbonyl (C=O) groups excluding carboxylic acids is 1. The van der Waals surface area contributed by atoms with E-state index in [2.05, 4.69) is 5.32 Å². The van der Waals surface area contributed by atoms with Crippen molar-refractivity contribution in [3.05, 3.63) is 46.7 Å². The molecule has 5 heteroatoms. The SMILES string of the molecule is CC(NC(=O)C1COc2ccccc2O1)c1cccs1. The Kier molecular flexibility index (Phi) is 3.60. The molecule has 104 valence electrons. The molecule has 20 heavy (non-hydrogen) atoms. The fourth-order valence-corrected chi connectivity index (χ4v) is 2.80. The zero-order valence-electron chi connectivity index (χ0n) is 11.0. The molecule has 1 N–H and O–H groups in total. The van der Waals surface area contributed by atoms with Gasteiger partial charge in [0.1, 0.15) is 6.61 Å². The van der Waals surface area contributed by atoms with Crippen LogP contribution < -0.4 is 14.8 Å². The number of para-hydroxylation sites is 2. The number of ether oxygens (including phenoxy) is 2. The molecule has 0 saturated heterocycles. The molecular formula is C15H15NO3S. The first-order valence-electron chi connectivity index (χ1n) is 6.46. The zero-order chi connectivity index (χ0) is 13.9. The number of amides is 1. The van der Waals surface area contributed by atoms with Gasteiger partial charge in [-0.2, -0.15) is 0 Å². The number of fused-ring (bicyclic) bond motifs is 1. The van der Waals surface area contributed by atoms with Crippen LogP contribution >= 0.6 is 11.3 Å². The molecule has 0 radical (unpaired) electrons.